The van der Waals surface area contributed by atoms with E-state index < -0.39 is 17.7 Å². The minimum atomic E-state index is -0.655. The van der Waals surface area contributed by atoms with Gasteiger partial charge in [-0.1, -0.05) is 30.3 Å². The van der Waals surface area contributed by atoms with E-state index >= 15 is 0 Å². The Morgan fingerprint density at radius 3 is 2.42 bits per heavy atom. The summed E-state index contributed by atoms with van der Waals surface area (Å²) in [5, 5.41) is 0. The molecule has 2 aromatic carbocycles. The highest BCUT2D eigenvalue weighted by Crippen LogP contribution is 2.27. The number of rotatable bonds is 4. The topological polar surface area (TPSA) is 26.0 Å². The zero-order valence-electron chi connectivity index (χ0n) is 10.2. The molecule has 100 valence electrons. The minimum Gasteiger partial charge on any atom is -0.324 e. The second-order valence-electron chi connectivity index (χ2n) is 4.39. The summed E-state index contributed by atoms with van der Waals surface area (Å²) < 4.78 is 27.8. The van der Waals surface area contributed by atoms with Crippen LogP contribution in [0.4, 0.5) is 8.78 Å². The molecule has 2 rings (SSSR count). The number of benzene rings is 2. The van der Waals surface area contributed by atoms with Gasteiger partial charge in [0, 0.05) is 11.6 Å². The molecule has 0 saturated heterocycles. The van der Waals surface area contributed by atoms with Crippen molar-refractivity contribution >= 4 is 15.9 Å². The molecule has 0 aliphatic carbocycles. The SMILES string of the molecule is NC(CCc1ccccc1)c1c(F)ccc(Br)c1F. The van der Waals surface area contributed by atoms with Crippen LogP contribution in [0.5, 0.6) is 0 Å². The summed E-state index contributed by atoms with van der Waals surface area (Å²) in [6.07, 6.45) is 1.18. The van der Waals surface area contributed by atoms with E-state index in [1.807, 2.05) is 30.3 Å². The van der Waals surface area contributed by atoms with Crippen molar-refractivity contribution in [1.29, 1.82) is 0 Å². The third-order valence-electron chi connectivity index (χ3n) is 3.04. The van der Waals surface area contributed by atoms with Gasteiger partial charge in [-0.2, -0.15) is 0 Å². The Morgan fingerprint density at radius 1 is 1.05 bits per heavy atom. The Labute approximate surface area is 119 Å². The predicted molar refractivity (Wildman–Crippen MR) is 75.7 cm³/mol. The van der Waals surface area contributed by atoms with Gasteiger partial charge in [0.15, 0.2) is 0 Å². The number of aryl methyl sites for hydroxylation is 1. The van der Waals surface area contributed by atoms with Crippen LogP contribution in [-0.4, -0.2) is 0 Å². The van der Waals surface area contributed by atoms with Crippen LogP contribution >= 0.6 is 15.9 Å². The quantitative estimate of drug-likeness (QED) is 0.830. The van der Waals surface area contributed by atoms with Gasteiger partial charge in [-0.25, -0.2) is 8.78 Å². The molecule has 1 atom stereocenters. The molecule has 0 amide bonds. The second-order valence-corrected chi connectivity index (χ2v) is 5.24. The lowest BCUT2D eigenvalue weighted by Gasteiger charge is -2.14. The molecule has 0 aliphatic heterocycles. The highest BCUT2D eigenvalue weighted by molar-refractivity contribution is 9.10. The largest absolute Gasteiger partial charge is 0.324 e. The Bertz CT molecular complexity index is 558. The van der Waals surface area contributed by atoms with Crippen molar-refractivity contribution in [2.75, 3.05) is 0 Å². The third-order valence-corrected chi connectivity index (χ3v) is 3.65. The second kappa shape index (κ2) is 6.26. The van der Waals surface area contributed by atoms with Gasteiger partial charge in [-0.15, -0.1) is 0 Å². The van der Waals surface area contributed by atoms with E-state index in [0.717, 1.165) is 5.56 Å². The van der Waals surface area contributed by atoms with E-state index in [9.17, 15) is 8.78 Å². The zero-order valence-corrected chi connectivity index (χ0v) is 11.8. The van der Waals surface area contributed by atoms with Crippen LogP contribution in [0, 0.1) is 11.6 Å². The molecule has 0 aromatic heterocycles. The Kier molecular flexibility index (Phi) is 4.66. The van der Waals surface area contributed by atoms with Crippen molar-refractivity contribution in [3.05, 3.63) is 69.7 Å². The van der Waals surface area contributed by atoms with E-state index in [1.54, 1.807) is 0 Å². The van der Waals surface area contributed by atoms with Crippen LogP contribution in [0.1, 0.15) is 23.6 Å². The Morgan fingerprint density at radius 2 is 1.74 bits per heavy atom. The van der Waals surface area contributed by atoms with Crippen LogP contribution in [0.15, 0.2) is 46.9 Å². The van der Waals surface area contributed by atoms with Crippen molar-refractivity contribution in [1.82, 2.24) is 0 Å². The molecule has 0 radical (unpaired) electrons. The van der Waals surface area contributed by atoms with E-state index in [-0.39, 0.29) is 10.0 Å². The maximum atomic E-state index is 13.9. The van der Waals surface area contributed by atoms with Crippen LogP contribution in [0.3, 0.4) is 0 Å². The molecule has 0 spiro atoms. The fourth-order valence-electron chi connectivity index (χ4n) is 1.99. The highest BCUT2D eigenvalue weighted by atomic mass is 79.9. The van der Waals surface area contributed by atoms with Gasteiger partial charge < -0.3 is 5.73 Å². The van der Waals surface area contributed by atoms with Gasteiger partial charge >= 0.3 is 0 Å². The first-order chi connectivity index (χ1) is 9.09. The van der Waals surface area contributed by atoms with Crippen molar-refractivity contribution in [3.8, 4) is 0 Å². The van der Waals surface area contributed by atoms with E-state index in [1.165, 1.54) is 12.1 Å². The predicted octanol–water partition coefficient (Wildman–Crippen LogP) is 4.36. The molecule has 4 heteroatoms. The maximum absolute atomic E-state index is 13.9. The molecular weight excluding hydrogens is 312 g/mol. The molecule has 1 unspecified atom stereocenters. The normalized spacial score (nSPS) is 12.4. The smallest absolute Gasteiger partial charge is 0.145 e. The number of hydrogen-bond donors (Lipinski definition) is 1. The molecule has 0 bridgehead atoms. The first-order valence-electron chi connectivity index (χ1n) is 6.02. The molecule has 19 heavy (non-hydrogen) atoms. The summed E-state index contributed by atoms with van der Waals surface area (Å²) in [4.78, 5) is 0. The third kappa shape index (κ3) is 3.39. The Hall–Kier alpha value is -1.26. The summed E-state index contributed by atoms with van der Waals surface area (Å²) >= 11 is 3.05. The zero-order chi connectivity index (χ0) is 13.8. The lowest BCUT2D eigenvalue weighted by molar-refractivity contribution is 0.509. The average Bonchev–Trinajstić information content (AvgIpc) is 2.42. The standard InChI is InChI=1S/C15H14BrF2N/c16-11-7-8-12(17)14(15(11)18)13(19)9-6-10-4-2-1-3-5-10/h1-5,7-8,13H,6,9,19H2. The summed E-state index contributed by atoms with van der Waals surface area (Å²) in [6.45, 7) is 0. The van der Waals surface area contributed by atoms with E-state index in [2.05, 4.69) is 15.9 Å². The van der Waals surface area contributed by atoms with Crippen molar-refractivity contribution in [2.45, 2.75) is 18.9 Å². The highest BCUT2D eigenvalue weighted by Gasteiger charge is 2.18. The summed E-state index contributed by atoms with van der Waals surface area (Å²) in [5.74, 6) is -1.21. The van der Waals surface area contributed by atoms with Gasteiger partial charge in [0.1, 0.15) is 11.6 Å². The first kappa shape index (κ1) is 14.2. The summed E-state index contributed by atoms with van der Waals surface area (Å²) in [6, 6.07) is 11.7. The number of halogens is 3. The molecule has 1 nitrogen and oxygen atoms in total. The summed E-state index contributed by atoms with van der Waals surface area (Å²) in [7, 11) is 0. The maximum Gasteiger partial charge on any atom is 0.145 e. The minimum absolute atomic E-state index is 0.0506. The van der Waals surface area contributed by atoms with Gasteiger partial charge in [-0.05, 0) is 46.5 Å². The van der Waals surface area contributed by atoms with E-state index in [0.29, 0.717) is 12.8 Å². The van der Waals surface area contributed by atoms with Crippen molar-refractivity contribution < 1.29 is 8.78 Å². The van der Waals surface area contributed by atoms with Crippen molar-refractivity contribution in [3.63, 3.8) is 0 Å². The molecule has 0 heterocycles. The monoisotopic (exact) mass is 325 g/mol. The van der Waals surface area contributed by atoms with Gasteiger partial charge in [0.25, 0.3) is 0 Å². The molecule has 2 N–H and O–H groups in total. The van der Waals surface area contributed by atoms with Crippen molar-refractivity contribution in [2.24, 2.45) is 5.73 Å². The molecular formula is C15H14BrF2N. The lowest BCUT2D eigenvalue weighted by Crippen LogP contribution is -2.15. The van der Waals surface area contributed by atoms with Gasteiger partial charge in [-0.3, -0.25) is 0 Å². The average molecular weight is 326 g/mol. The van der Waals surface area contributed by atoms with E-state index in [4.69, 9.17) is 5.73 Å². The van der Waals surface area contributed by atoms with Crippen LogP contribution < -0.4 is 5.73 Å². The van der Waals surface area contributed by atoms with Crippen LogP contribution in [0.25, 0.3) is 0 Å². The van der Waals surface area contributed by atoms with Gasteiger partial charge in [0.2, 0.25) is 0 Å². The molecule has 2 aromatic rings. The molecule has 0 saturated carbocycles. The first-order valence-corrected chi connectivity index (χ1v) is 6.82. The van der Waals surface area contributed by atoms with Crippen LogP contribution in [0.2, 0.25) is 0 Å². The number of nitrogens with two attached hydrogens (primary N) is 1. The fraction of sp³-hybridized carbons (Fsp3) is 0.200. The summed E-state index contributed by atoms with van der Waals surface area (Å²) in [5.41, 5.74) is 6.97. The lowest BCUT2D eigenvalue weighted by atomic mass is 9.99. The fourth-order valence-corrected chi connectivity index (χ4v) is 2.34. The molecule has 0 fully saturated rings. The van der Waals surface area contributed by atoms with Crippen LogP contribution in [-0.2, 0) is 6.42 Å². The van der Waals surface area contributed by atoms with Gasteiger partial charge in [0.05, 0.1) is 4.47 Å². The molecule has 0 aliphatic rings. The number of hydrogen-bond acceptors (Lipinski definition) is 1. The Balaban J connectivity index is 2.12.